The van der Waals surface area contributed by atoms with Crippen LogP contribution in [0.3, 0.4) is 0 Å². The molecule has 5 aliphatic rings. The minimum absolute atomic E-state index is 0.169. The first kappa shape index (κ1) is 20.3. The number of hydrogen-bond donors (Lipinski definition) is 2. The van der Waals surface area contributed by atoms with E-state index in [1.807, 2.05) is 0 Å². The van der Waals surface area contributed by atoms with Gasteiger partial charge in [0, 0.05) is 6.04 Å². The van der Waals surface area contributed by atoms with E-state index in [1.165, 1.54) is 18.4 Å². The topological polar surface area (TPSA) is 55.1 Å². The van der Waals surface area contributed by atoms with Crippen molar-refractivity contribution >= 4 is 5.91 Å². The van der Waals surface area contributed by atoms with Gasteiger partial charge in [-0.25, -0.2) is 0 Å². The highest BCUT2D eigenvalue weighted by atomic mass is 16.2. The number of benzene rings is 1. The van der Waals surface area contributed by atoms with Crippen molar-refractivity contribution in [2.24, 2.45) is 28.9 Å². The average Bonchev–Trinajstić information content (AvgIpc) is 2.77. The third kappa shape index (κ3) is 3.34. The summed E-state index contributed by atoms with van der Waals surface area (Å²) in [7, 11) is 0. The number of nitrogens with one attached hydrogen (secondary N) is 1. The van der Waals surface area contributed by atoms with Crippen LogP contribution in [0.2, 0.25) is 0 Å². The minimum Gasteiger partial charge on any atom is -0.353 e. The van der Waals surface area contributed by atoms with Crippen molar-refractivity contribution in [2.45, 2.75) is 82.6 Å². The molecule has 2 unspecified atom stereocenters. The Balaban J connectivity index is 1.41. The molecule has 0 radical (unpaired) electrons. The van der Waals surface area contributed by atoms with Gasteiger partial charge < -0.3 is 11.1 Å². The lowest BCUT2D eigenvalue weighted by molar-refractivity contribution is -0.145. The summed E-state index contributed by atoms with van der Waals surface area (Å²) in [5, 5.41) is 3.54. The molecule has 30 heavy (non-hydrogen) atoms. The highest BCUT2D eigenvalue weighted by Crippen LogP contribution is 2.67. The molecular weight excluding hydrogens is 368 g/mol. The Morgan fingerprint density at radius 3 is 2.33 bits per heavy atom. The number of allylic oxidation sites excluding steroid dienone is 2. The highest BCUT2D eigenvalue weighted by Gasteiger charge is 2.62. The van der Waals surface area contributed by atoms with Gasteiger partial charge in [0.2, 0.25) is 5.91 Å². The molecule has 0 saturated heterocycles. The predicted octanol–water partition coefficient (Wildman–Crippen LogP) is 5.10. The smallest absolute Gasteiger partial charge is 0.226 e. The molecule has 3 N–H and O–H groups in total. The van der Waals surface area contributed by atoms with Crippen LogP contribution in [0.4, 0.5) is 0 Å². The summed E-state index contributed by atoms with van der Waals surface area (Å²) in [6.07, 6.45) is 13.8. The van der Waals surface area contributed by atoms with Gasteiger partial charge in [-0.1, -0.05) is 48.9 Å². The zero-order valence-corrected chi connectivity index (χ0v) is 18.5. The van der Waals surface area contributed by atoms with Crippen molar-refractivity contribution < 1.29 is 4.79 Å². The van der Waals surface area contributed by atoms with E-state index in [9.17, 15) is 4.79 Å². The first-order valence-corrected chi connectivity index (χ1v) is 12.3. The van der Waals surface area contributed by atoms with Crippen LogP contribution in [-0.4, -0.2) is 18.5 Å². The van der Waals surface area contributed by atoms with E-state index < -0.39 is 0 Å². The maximum absolute atomic E-state index is 13.8. The Morgan fingerprint density at radius 1 is 1.07 bits per heavy atom. The molecule has 0 aliphatic heterocycles. The summed E-state index contributed by atoms with van der Waals surface area (Å²) in [6, 6.07) is 11.5. The first-order valence-electron chi connectivity index (χ1n) is 12.3. The number of nitrogens with two attached hydrogens (primary N) is 1. The van der Waals surface area contributed by atoms with E-state index in [0.717, 1.165) is 57.9 Å². The molecule has 1 aromatic carbocycles. The van der Waals surface area contributed by atoms with Gasteiger partial charge in [0.1, 0.15) is 0 Å². The Hall–Kier alpha value is -1.61. The van der Waals surface area contributed by atoms with Crippen molar-refractivity contribution in [2.75, 3.05) is 6.54 Å². The normalized spacial score (nSPS) is 39.7. The van der Waals surface area contributed by atoms with Crippen LogP contribution in [0.5, 0.6) is 0 Å². The summed E-state index contributed by atoms with van der Waals surface area (Å²) in [6.45, 7) is 3.05. The second-order valence-electron chi connectivity index (χ2n) is 10.9. The van der Waals surface area contributed by atoms with Crippen LogP contribution in [0.15, 0.2) is 42.0 Å². The van der Waals surface area contributed by atoms with Gasteiger partial charge in [-0.2, -0.15) is 0 Å². The van der Waals surface area contributed by atoms with Crippen LogP contribution < -0.4 is 11.1 Å². The number of carbonyl (C=O) groups excluding carboxylic acids is 1. The number of hydrogen-bond acceptors (Lipinski definition) is 2. The van der Waals surface area contributed by atoms with Crippen molar-refractivity contribution in [3.8, 4) is 0 Å². The summed E-state index contributed by atoms with van der Waals surface area (Å²) < 4.78 is 0. The lowest BCUT2D eigenvalue weighted by Gasteiger charge is -2.62. The monoisotopic (exact) mass is 406 g/mol. The molecule has 0 heterocycles. The second kappa shape index (κ2) is 7.82. The van der Waals surface area contributed by atoms with Gasteiger partial charge in [-0.15, -0.1) is 0 Å². The summed E-state index contributed by atoms with van der Waals surface area (Å²) in [5.74, 6) is 2.19. The third-order valence-electron chi connectivity index (χ3n) is 8.99. The first-order chi connectivity index (χ1) is 14.6. The molecule has 5 fully saturated rings. The summed E-state index contributed by atoms with van der Waals surface area (Å²) in [4.78, 5) is 13.8. The van der Waals surface area contributed by atoms with Gasteiger partial charge in [0.05, 0.1) is 5.41 Å². The van der Waals surface area contributed by atoms with Crippen LogP contribution in [-0.2, 0) is 10.2 Å². The quantitative estimate of drug-likeness (QED) is 0.668. The molecule has 1 amide bonds. The van der Waals surface area contributed by atoms with Gasteiger partial charge >= 0.3 is 0 Å². The van der Waals surface area contributed by atoms with E-state index in [-0.39, 0.29) is 10.8 Å². The fraction of sp³-hybridized carbons (Fsp3) is 0.667. The van der Waals surface area contributed by atoms with E-state index in [0.29, 0.717) is 29.7 Å². The third-order valence-corrected chi connectivity index (χ3v) is 8.99. The average molecular weight is 407 g/mol. The number of amides is 1. The molecule has 4 bridgehead atoms. The van der Waals surface area contributed by atoms with Gasteiger partial charge in [0.15, 0.2) is 0 Å². The Kier molecular flexibility index (Phi) is 5.29. The van der Waals surface area contributed by atoms with Gasteiger partial charge in [-0.05, 0) is 99.5 Å². The largest absolute Gasteiger partial charge is 0.353 e. The van der Waals surface area contributed by atoms with Crippen LogP contribution >= 0.6 is 0 Å². The van der Waals surface area contributed by atoms with E-state index in [4.69, 9.17) is 5.73 Å². The summed E-state index contributed by atoms with van der Waals surface area (Å²) in [5.41, 5.74) is 9.03. The Bertz CT molecular complexity index is 787. The van der Waals surface area contributed by atoms with Crippen molar-refractivity contribution in [3.05, 3.63) is 47.5 Å². The van der Waals surface area contributed by atoms with E-state index in [1.54, 1.807) is 5.57 Å². The SMILES string of the molecule is CCC=C1C2CC3(C(=O)NC4CCC(CN)CC4)CC1CC(c1ccccc1)(C2)C3. The molecule has 0 spiro atoms. The molecule has 5 aliphatic carbocycles. The van der Waals surface area contributed by atoms with Gasteiger partial charge in [0.25, 0.3) is 0 Å². The second-order valence-corrected chi connectivity index (χ2v) is 10.9. The maximum atomic E-state index is 13.8. The van der Waals surface area contributed by atoms with Gasteiger partial charge in [-0.3, -0.25) is 4.79 Å². The van der Waals surface area contributed by atoms with Crippen LogP contribution in [0.25, 0.3) is 0 Å². The molecule has 0 aromatic heterocycles. The summed E-state index contributed by atoms with van der Waals surface area (Å²) >= 11 is 0. The van der Waals surface area contributed by atoms with Crippen molar-refractivity contribution in [1.29, 1.82) is 0 Å². The minimum atomic E-state index is -0.169. The molecule has 6 rings (SSSR count). The maximum Gasteiger partial charge on any atom is 0.226 e. The number of rotatable bonds is 5. The molecule has 1 aromatic rings. The molecular formula is C27H38N2O. The lowest BCUT2D eigenvalue weighted by Crippen LogP contribution is -2.60. The molecule has 5 saturated carbocycles. The van der Waals surface area contributed by atoms with Crippen molar-refractivity contribution in [1.82, 2.24) is 5.32 Å². The van der Waals surface area contributed by atoms with E-state index >= 15 is 0 Å². The zero-order valence-electron chi connectivity index (χ0n) is 18.5. The zero-order chi connectivity index (χ0) is 20.8. The van der Waals surface area contributed by atoms with Crippen molar-refractivity contribution in [3.63, 3.8) is 0 Å². The molecule has 3 heteroatoms. The fourth-order valence-electron chi connectivity index (χ4n) is 7.78. The van der Waals surface area contributed by atoms with Crippen LogP contribution in [0.1, 0.15) is 76.7 Å². The standard InChI is InChI=1S/C27H38N2O/c1-2-6-24-20-13-26(22-7-4-3-5-8-22)14-21(24)16-27(15-20,18-26)25(30)29-23-11-9-19(17-28)10-12-23/h3-8,19-21,23H,2,9-18,28H2,1H3,(H,29,30). The molecule has 2 atom stereocenters. The predicted molar refractivity (Wildman–Crippen MR) is 122 cm³/mol. The number of carbonyl (C=O) groups is 1. The highest BCUT2D eigenvalue weighted by molar-refractivity contribution is 5.84. The van der Waals surface area contributed by atoms with E-state index in [2.05, 4.69) is 48.6 Å². The lowest BCUT2D eigenvalue weighted by atomic mass is 9.41. The molecule has 162 valence electrons. The Morgan fingerprint density at radius 2 is 1.73 bits per heavy atom. The van der Waals surface area contributed by atoms with Crippen LogP contribution in [0, 0.1) is 23.2 Å². The Labute approximate surface area is 181 Å². The molecule has 3 nitrogen and oxygen atoms in total. The fourth-order valence-corrected chi connectivity index (χ4v) is 7.78.